The summed E-state index contributed by atoms with van der Waals surface area (Å²) in [5.74, 6) is 0. The molecule has 9 heavy (non-hydrogen) atoms. The molecule has 0 bridgehead atoms. The molecule has 1 aliphatic heterocycles. The molecule has 0 amide bonds. The van der Waals surface area contributed by atoms with Gasteiger partial charge < -0.3 is 10.1 Å². The fraction of sp³-hybridized carbons (Fsp3) is 1.00. The van der Waals surface area contributed by atoms with Crippen molar-refractivity contribution in [3.63, 3.8) is 0 Å². The molecule has 56 valence electrons. The van der Waals surface area contributed by atoms with Crippen LogP contribution in [0.4, 0.5) is 0 Å². The molecule has 1 unspecified atom stereocenters. The second-order valence-corrected chi connectivity index (χ2v) is 2.51. The van der Waals surface area contributed by atoms with Crippen LogP contribution in [0, 0.1) is 0 Å². The Morgan fingerprint density at radius 3 is 1.89 bits per heavy atom. The molecular weight excluding hydrogens is 138 g/mol. The zero-order valence-corrected chi connectivity index (χ0v) is 6.70. The molecule has 1 N–H and O–H groups in total. The average molecular weight is 152 g/mol. The summed E-state index contributed by atoms with van der Waals surface area (Å²) in [7, 11) is 0. The van der Waals surface area contributed by atoms with Crippen LogP contribution in [0.25, 0.3) is 0 Å². The van der Waals surface area contributed by atoms with E-state index in [2.05, 4.69) is 19.2 Å². The monoisotopic (exact) mass is 151 g/mol. The molecule has 1 saturated heterocycles. The van der Waals surface area contributed by atoms with Gasteiger partial charge in [0.15, 0.2) is 0 Å². The van der Waals surface area contributed by atoms with Gasteiger partial charge in [-0.25, -0.2) is 0 Å². The Morgan fingerprint density at radius 2 is 1.67 bits per heavy atom. The average Bonchev–Trinajstić information content (AvgIpc) is 1.64. The van der Waals surface area contributed by atoms with E-state index in [4.69, 9.17) is 4.74 Å². The maximum absolute atomic E-state index is 5.23. The highest BCUT2D eigenvalue weighted by molar-refractivity contribution is 5.85. The summed E-state index contributed by atoms with van der Waals surface area (Å²) in [5, 5.41) is 3.35. The van der Waals surface area contributed by atoms with Crippen molar-refractivity contribution < 1.29 is 4.74 Å². The number of ether oxygens (including phenoxy) is 1. The third kappa shape index (κ3) is 3.04. The largest absolute Gasteiger partial charge is 0.378 e. The number of hydrogen-bond acceptors (Lipinski definition) is 2. The predicted octanol–water partition coefficient (Wildman–Crippen LogP) is 0.805. The van der Waals surface area contributed by atoms with Crippen LogP contribution >= 0.6 is 12.4 Å². The van der Waals surface area contributed by atoms with E-state index in [9.17, 15) is 0 Å². The van der Waals surface area contributed by atoms with Crippen molar-refractivity contribution in [2.45, 2.75) is 25.9 Å². The lowest BCUT2D eigenvalue weighted by Gasteiger charge is -2.25. The van der Waals surface area contributed by atoms with Crippen LogP contribution in [-0.4, -0.2) is 25.3 Å². The standard InChI is InChI=1S/C6H13NO.ClH/c1-5-3-8-4-6(2)7-5;/h5-7H,3-4H2,1-2H3;1H/t5-,6?;/m1./s1. The first kappa shape index (κ1) is 9.21. The highest BCUT2D eigenvalue weighted by Crippen LogP contribution is 1.96. The summed E-state index contributed by atoms with van der Waals surface area (Å²) in [5.41, 5.74) is 0. The van der Waals surface area contributed by atoms with Gasteiger partial charge in [-0.2, -0.15) is 0 Å². The van der Waals surface area contributed by atoms with E-state index in [1.807, 2.05) is 0 Å². The fourth-order valence-corrected chi connectivity index (χ4v) is 1.00. The van der Waals surface area contributed by atoms with Crippen molar-refractivity contribution in [1.29, 1.82) is 0 Å². The minimum atomic E-state index is 0. The van der Waals surface area contributed by atoms with Gasteiger partial charge in [-0.15, -0.1) is 12.4 Å². The van der Waals surface area contributed by atoms with Gasteiger partial charge in [-0.3, -0.25) is 0 Å². The zero-order chi connectivity index (χ0) is 5.98. The molecule has 0 saturated carbocycles. The first-order valence-electron chi connectivity index (χ1n) is 3.13. The highest BCUT2D eigenvalue weighted by Gasteiger charge is 2.12. The third-order valence-electron chi connectivity index (χ3n) is 1.30. The second kappa shape index (κ2) is 4.09. The topological polar surface area (TPSA) is 21.3 Å². The summed E-state index contributed by atoms with van der Waals surface area (Å²) in [6.07, 6.45) is 0. The van der Waals surface area contributed by atoms with Crippen molar-refractivity contribution in [2.75, 3.05) is 13.2 Å². The number of rotatable bonds is 0. The van der Waals surface area contributed by atoms with Crippen LogP contribution in [0.1, 0.15) is 13.8 Å². The van der Waals surface area contributed by atoms with E-state index >= 15 is 0 Å². The van der Waals surface area contributed by atoms with Crippen LogP contribution in [0.5, 0.6) is 0 Å². The van der Waals surface area contributed by atoms with E-state index in [-0.39, 0.29) is 12.4 Å². The minimum Gasteiger partial charge on any atom is -0.378 e. The lowest BCUT2D eigenvalue weighted by molar-refractivity contribution is 0.0560. The lowest BCUT2D eigenvalue weighted by Crippen LogP contribution is -2.45. The zero-order valence-electron chi connectivity index (χ0n) is 5.89. The molecule has 0 aromatic carbocycles. The van der Waals surface area contributed by atoms with E-state index in [1.165, 1.54) is 0 Å². The Balaban J connectivity index is 0.000000640. The summed E-state index contributed by atoms with van der Waals surface area (Å²) < 4.78 is 5.23. The normalized spacial score (nSPS) is 35.3. The van der Waals surface area contributed by atoms with Crippen LogP contribution in [0.15, 0.2) is 0 Å². The minimum absolute atomic E-state index is 0. The van der Waals surface area contributed by atoms with Crippen molar-refractivity contribution in [3.05, 3.63) is 0 Å². The Labute approximate surface area is 62.4 Å². The molecule has 3 heteroatoms. The molecule has 1 rings (SSSR count). The summed E-state index contributed by atoms with van der Waals surface area (Å²) >= 11 is 0. The van der Waals surface area contributed by atoms with Gasteiger partial charge >= 0.3 is 0 Å². The van der Waals surface area contributed by atoms with Crippen LogP contribution in [0.3, 0.4) is 0 Å². The predicted molar refractivity (Wildman–Crippen MR) is 40.1 cm³/mol. The number of nitrogens with one attached hydrogen (secondary N) is 1. The van der Waals surface area contributed by atoms with Gasteiger partial charge in [0.1, 0.15) is 0 Å². The van der Waals surface area contributed by atoms with Gasteiger partial charge in [0.25, 0.3) is 0 Å². The summed E-state index contributed by atoms with van der Waals surface area (Å²) in [4.78, 5) is 0. The molecular formula is C6H14ClNO. The Kier molecular flexibility index (Phi) is 4.19. The number of morpholine rings is 1. The maximum Gasteiger partial charge on any atom is 0.0617 e. The van der Waals surface area contributed by atoms with Crippen LogP contribution in [0.2, 0.25) is 0 Å². The molecule has 0 spiro atoms. The lowest BCUT2D eigenvalue weighted by atomic mass is 10.2. The van der Waals surface area contributed by atoms with Crippen molar-refractivity contribution >= 4 is 12.4 Å². The molecule has 0 aliphatic carbocycles. The first-order chi connectivity index (χ1) is 3.79. The van der Waals surface area contributed by atoms with Crippen LogP contribution in [-0.2, 0) is 4.74 Å². The van der Waals surface area contributed by atoms with Crippen molar-refractivity contribution in [1.82, 2.24) is 5.32 Å². The Morgan fingerprint density at radius 1 is 1.22 bits per heavy atom. The summed E-state index contributed by atoms with van der Waals surface area (Å²) in [6, 6.07) is 1.08. The van der Waals surface area contributed by atoms with E-state index in [0.29, 0.717) is 12.1 Å². The van der Waals surface area contributed by atoms with E-state index in [1.54, 1.807) is 0 Å². The molecule has 1 fully saturated rings. The smallest absolute Gasteiger partial charge is 0.0617 e. The van der Waals surface area contributed by atoms with Gasteiger partial charge in [0.05, 0.1) is 13.2 Å². The second-order valence-electron chi connectivity index (χ2n) is 2.51. The molecule has 1 heterocycles. The van der Waals surface area contributed by atoms with E-state index in [0.717, 1.165) is 13.2 Å². The molecule has 0 aromatic heterocycles. The SMILES string of the molecule is CC1COC[C@@H](C)N1.Cl. The van der Waals surface area contributed by atoms with Gasteiger partial charge in [0.2, 0.25) is 0 Å². The van der Waals surface area contributed by atoms with E-state index < -0.39 is 0 Å². The molecule has 2 nitrogen and oxygen atoms in total. The first-order valence-corrected chi connectivity index (χ1v) is 3.13. The highest BCUT2D eigenvalue weighted by atomic mass is 35.5. The molecule has 0 radical (unpaired) electrons. The van der Waals surface area contributed by atoms with Gasteiger partial charge in [0, 0.05) is 12.1 Å². The fourth-order valence-electron chi connectivity index (χ4n) is 1.00. The van der Waals surface area contributed by atoms with Crippen LogP contribution < -0.4 is 5.32 Å². The van der Waals surface area contributed by atoms with Crippen molar-refractivity contribution in [2.24, 2.45) is 0 Å². The number of hydrogen-bond donors (Lipinski definition) is 1. The molecule has 2 atom stereocenters. The molecule has 1 aliphatic rings. The maximum atomic E-state index is 5.23. The Bertz CT molecular complexity index is 71.5. The van der Waals surface area contributed by atoms with Gasteiger partial charge in [-0.05, 0) is 13.8 Å². The van der Waals surface area contributed by atoms with Crippen molar-refractivity contribution in [3.8, 4) is 0 Å². The summed E-state index contributed by atoms with van der Waals surface area (Å²) in [6.45, 7) is 6.00. The third-order valence-corrected chi connectivity index (χ3v) is 1.30. The Hall–Kier alpha value is 0.210. The quantitative estimate of drug-likeness (QED) is 0.553. The number of halogens is 1. The van der Waals surface area contributed by atoms with Gasteiger partial charge in [-0.1, -0.05) is 0 Å². The molecule has 0 aromatic rings.